The van der Waals surface area contributed by atoms with Crippen LogP contribution in [0.3, 0.4) is 0 Å². The molecular formula is C71H124O6. The number of rotatable bonds is 60. The average molecular weight is 1070 g/mol. The van der Waals surface area contributed by atoms with Crippen LogP contribution in [0, 0.1) is 0 Å². The van der Waals surface area contributed by atoms with Crippen LogP contribution in [0.2, 0.25) is 0 Å². The molecule has 6 heteroatoms. The quantitative estimate of drug-likeness (QED) is 0.0261. The predicted octanol–water partition coefficient (Wildman–Crippen LogP) is 22.7. The summed E-state index contributed by atoms with van der Waals surface area (Å²) < 4.78 is 16.8. The van der Waals surface area contributed by atoms with Gasteiger partial charge in [-0.3, -0.25) is 14.4 Å². The number of hydrogen-bond acceptors (Lipinski definition) is 6. The first-order valence-electron chi connectivity index (χ1n) is 33.1. The first-order valence-corrected chi connectivity index (χ1v) is 33.1. The molecule has 0 aliphatic heterocycles. The largest absolute Gasteiger partial charge is 0.462 e. The molecule has 0 N–H and O–H groups in total. The Morgan fingerprint density at radius 3 is 0.896 bits per heavy atom. The Morgan fingerprint density at radius 1 is 0.286 bits per heavy atom. The third kappa shape index (κ3) is 63.3. The molecule has 0 fully saturated rings. The van der Waals surface area contributed by atoms with Crippen molar-refractivity contribution in [1.29, 1.82) is 0 Å². The SMILES string of the molecule is CC/C=C\C/C=C\C/C=C\C/C=C\C/C=C\CC(=O)OC(COC(=O)CCCCCCC/C=C\C/C=C\CCCC)COC(=O)CCCCCCCCCCCCCCCCCCCCCCCCCCCCCCCC. The highest BCUT2D eigenvalue weighted by atomic mass is 16.6. The Hall–Kier alpha value is -3.41. The summed E-state index contributed by atoms with van der Waals surface area (Å²) in [6.45, 7) is 6.43. The van der Waals surface area contributed by atoms with Gasteiger partial charge in [0.05, 0.1) is 6.42 Å². The van der Waals surface area contributed by atoms with E-state index >= 15 is 0 Å². The molecule has 0 aromatic rings. The zero-order chi connectivity index (χ0) is 55.7. The van der Waals surface area contributed by atoms with Crippen LogP contribution in [-0.4, -0.2) is 37.2 Å². The molecular weight excluding hydrogens is 949 g/mol. The van der Waals surface area contributed by atoms with E-state index in [-0.39, 0.29) is 31.6 Å². The van der Waals surface area contributed by atoms with Gasteiger partial charge in [0.1, 0.15) is 13.2 Å². The highest BCUT2D eigenvalue weighted by molar-refractivity contribution is 5.72. The van der Waals surface area contributed by atoms with Crippen LogP contribution >= 0.6 is 0 Å². The molecule has 6 nitrogen and oxygen atoms in total. The van der Waals surface area contributed by atoms with Gasteiger partial charge in [0.15, 0.2) is 6.10 Å². The fourth-order valence-corrected chi connectivity index (χ4v) is 9.48. The van der Waals surface area contributed by atoms with Crippen LogP contribution in [0.5, 0.6) is 0 Å². The van der Waals surface area contributed by atoms with Gasteiger partial charge in [0, 0.05) is 12.8 Å². The van der Waals surface area contributed by atoms with Gasteiger partial charge in [0.2, 0.25) is 0 Å². The van der Waals surface area contributed by atoms with E-state index in [1.807, 2.05) is 6.08 Å². The molecule has 1 unspecified atom stereocenters. The molecule has 0 saturated heterocycles. The number of ether oxygens (including phenoxy) is 3. The molecule has 0 saturated carbocycles. The zero-order valence-electron chi connectivity index (χ0n) is 51.0. The standard InChI is InChI=1S/C71H124O6/c1-4-7-10-13-16-19-22-25-28-29-30-31-32-33-34-35-36-37-38-39-40-41-42-44-46-49-52-55-58-61-64-70(73)76-67-68(66-75-69(72)63-60-57-54-51-48-45-27-24-21-18-15-12-9-6-3)77-71(74)65-62-59-56-53-50-47-43-26-23-20-17-14-11-8-5-2/h8,11,15,17-18,20,24,26-27,43,50,53,59,62,68H,4-7,9-10,12-14,16,19,21-23,25,28-42,44-49,51-52,54-58,60-61,63-67H2,1-3H3/b11-8-,18-15-,20-17-,27-24-,43-26-,53-50-,62-59-. The van der Waals surface area contributed by atoms with Gasteiger partial charge in [0.25, 0.3) is 0 Å². The van der Waals surface area contributed by atoms with Crippen molar-refractivity contribution >= 4 is 17.9 Å². The predicted molar refractivity (Wildman–Crippen MR) is 334 cm³/mol. The maximum absolute atomic E-state index is 12.8. The summed E-state index contributed by atoms with van der Waals surface area (Å²) in [6.07, 6.45) is 86.5. The van der Waals surface area contributed by atoms with E-state index in [2.05, 4.69) is 93.7 Å². The van der Waals surface area contributed by atoms with E-state index in [1.54, 1.807) is 6.08 Å². The van der Waals surface area contributed by atoms with E-state index in [0.29, 0.717) is 12.8 Å². The molecule has 0 aliphatic carbocycles. The Kier molecular flexibility index (Phi) is 62.2. The van der Waals surface area contributed by atoms with Gasteiger partial charge < -0.3 is 14.2 Å². The lowest BCUT2D eigenvalue weighted by Gasteiger charge is -2.18. The number of esters is 3. The Bertz CT molecular complexity index is 1470. The van der Waals surface area contributed by atoms with Crippen molar-refractivity contribution in [3.05, 3.63) is 85.1 Å². The second-order valence-corrected chi connectivity index (χ2v) is 22.0. The summed E-state index contributed by atoms with van der Waals surface area (Å²) in [6, 6.07) is 0. The Balaban J connectivity index is 4.23. The fraction of sp³-hybridized carbons (Fsp3) is 0.761. The van der Waals surface area contributed by atoms with Crippen LogP contribution in [0.1, 0.15) is 329 Å². The van der Waals surface area contributed by atoms with Crippen molar-refractivity contribution in [1.82, 2.24) is 0 Å². The molecule has 0 rings (SSSR count). The Labute approximate surface area is 477 Å². The minimum Gasteiger partial charge on any atom is -0.462 e. The average Bonchev–Trinajstić information content (AvgIpc) is 3.43. The first kappa shape index (κ1) is 73.6. The van der Waals surface area contributed by atoms with Crippen LogP contribution < -0.4 is 0 Å². The maximum Gasteiger partial charge on any atom is 0.310 e. The molecule has 0 aromatic heterocycles. The summed E-state index contributed by atoms with van der Waals surface area (Å²) in [5, 5.41) is 0. The molecule has 0 amide bonds. The highest BCUT2D eigenvalue weighted by Gasteiger charge is 2.19. The maximum atomic E-state index is 12.8. The lowest BCUT2D eigenvalue weighted by atomic mass is 10.0. The highest BCUT2D eigenvalue weighted by Crippen LogP contribution is 2.18. The van der Waals surface area contributed by atoms with Crippen molar-refractivity contribution in [2.75, 3.05) is 13.2 Å². The third-order valence-electron chi connectivity index (χ3n) is 14.4. The van der Waals surface area contributed by atoms with E-state index < -0.39 is 12.1 Å². The van der Waals surface area contributed by atoms with Crippen molar-refractivity contribution in [2.45, 2.75) is 335 Å². The molecule has 0 aromatic carbocycles. The second kappa shape index (κ2) is 65.1. The molecule has 1 atom stereocenters. The fourth-order valence-electron chi connectivity index (χ4n) is 9.48. The van der Waals surface area contributed by atoms with Crippen molar-refractivity contribution < 1.29 is 28.6 Å². The van der Waals surface area contributed by atoms with E-state index in [1.165, 1.54) is 193 Å². The van der Waals surface area contributed by atoms with E-state index in [9.17, 15) is 14.4 Å². The summed E-state index contributed by atoms with van der Waals surface area (Å²) in [4.78, 5) is 38.2. The smallest absolute Gasteiger partial charge is 0.310 e. The van der Waals surface area contributed by atoms with Crippen LogP contribution in [0.15, 0.2) is 85.1 Å². The van der Waals surface area contributed by atoms with Gasteiger partial charge in [-0.25, -0.2) is 0 Å². The monoisotopic (exact) mass is 1070 g/mol. The number of hydrogen-bond donors (Lipinski definition) is 0. The summed E-state index contributed by atoms with van der Waals surface area (Å²) >= 11 is 0. The van der Waals surface area contributed by atoms with Gasteiger partial charge in [-0.1, -0.05) is 324 Å². The van der Waals surface area contributed by atoms with Crippen molar-refractivity contribution in [3.63, 3.8) is 0 Å². The number of carbonyl (C=O) groups excluding carboxylic acids is 3. The lowest BCUT2D eigenvalue weighted by Crippen LogP contribution is -2.30. The molecule has 0 aliphatic rings. The van der Waals surface area contributed by atoms with E-state index in [0.717, 1.165) is 96.3 Å². The molecule has 0 bridgehead atoms. The molecule has 0 spiro atoms. The van der Waals surface area contributed by atoms with Gasteiger partial charge in [-0.2, -0.15) is 0 Å². The van der Waals surface area contributed by atoms with Crippen molar-refractivity contribution in [2.24, 2.45) is 0 Å². The number of carbonyl (C=O) groups is 3. The number of allylic oxidation sites excluding steroid dienone is 13. The minimum atomic E-state index is -0.837. The summed E-state index contributed by atoms with van der Waals surface area (Å²) in [5.41, 5.74) is 0. The molecule has 77 heavy (non-hydrogen) atoms. The first-order chi connectivity index (χ1) is 38.0. The third-order valence-corrected chi connectivity index (χ3v) is 14.4. The van der Waals surface area contributed by atoms with Crippen LogP contribution in [0.4, 0.5) is 0 Å². The van der Waals surface area contributed by atoms with E-state index in [4.69, 9.17) is 14.2 Å². The van der Waals surface area contributed by atoms with Gasteiger partial charge in [-0.15, -0.1) is 0 Å². The summed E-state index contributed by atoms with van der Waals surface area (Å²) in [7, 11) is 0. The Morgan fingerprint density at radius 2 is 0.558 bits per heavy atom. The zero-order valence-corrected chi connectivity index (χ0v) is 51.0. The topological polar surface area (TPSA) is 78.9 Å². The number of unbranched alkanes of at least 4 members (excludes halogenated alkanes) is 36. The van der Waals surface area contributed by atoms with Crippen LogP contribution in [-0.2, 0) is 28.6 Å². The molecule has 0 heterocycles. The van der Waals surface area contributed by atoms with Gasteiger partial charge in [-0.05, 0) is 70.6 Å². The van der Waals surface area contributed by atoms with Crippen molar-refractivity contribution in [3.8, 4) is 0 Å². The lowest BCUT2D eigenvalue weighted by molar-refractivity contribution is -0.166. The normalized spacial score (nSPS) is 12.6. The second-order valence-electron chi connectivity index (χ2n) is 22.0. The van der Waals surface area contributed by atoms with Gasteiger partial charge >= 0.3 is 17.9 Å². The molecule has 0 radical (unpaired) electrons. The van der Waals surface area contributed by atoms with Crippen LogP contribution in [0.25, 0.3) is 0 Å². The minimum absolute atomic E-state index is 0.0947. The molecule has 444 valence electrons. The summed E-state index contributed by atoms with van der Waals surface area (Å²) in [5.74, 6) is -1.05.